The van der Waals surface area contributed by atoms with Crippen molar-refractivity contribution in [3.63, 3.8) is 0 Å². The van der Waals surface area contributed by atoms with Crippen LogP contribution in [0.3, 0.4) is 0 Å². The molecule has 0 bridgehead atoms. The second-order valence-corrected chi connectivity index (χ2v) is 5.06. The molecule has 1 aliphatic carbocycles. The summed E-state index contributed by atoms with van der Waals surface area (Å²) >= 11 is 0. The quantitative estimate of drug-likeness (QED) is 0.683. The number of nitrogens with zero attached hydrogens (tertiary/aromatic N) is 3. The van der Waals surface area contributed by atoms with E-state index in [1.165, 1.54) is 12.8 Å². The zero-order valence-corrected chi connectivity index (χ0v) is 11.5. The number of hydrogen-bond donors (Lipinski definition) is 1. The molecule has 2 N–H and O–H groups in total. The van der Waals surface area contributed by atoms with Gasteiger partial charge in [0.2, 0.25) is 0 Å². The predicted molar refractivity (Wildman–Crippen MR) is 78.1 cm³/mol. The van der Waals surface area contributed by atoms with E-state index in [9.17, 15) is 0 Å². The summed E-state index contributed by atoms with van der Waals surface area (Å²) < 4.78 is 5.29. The van der Waals surface area contributed by atoms with Crippen LogP contribution in [0.2, 0.25) is 0 Å². The zero-order valence-electron chi connectivity index (χ0n) is 11.5. The van der Waals surface area contributed by atoms with Crippen molar-refractivity contribution < 1.29 is 4.52 Å². The van der Waals surface area contributed by atoms with Crippen molar-refractivity contribution in [3.8, 4) is 11.3 Å². The number of rotatable bonds is 4. The van der Waals surface area contributed by atoms with Crippen molar-refractivity contribution in [1.29, 1.82) is 0 Å². The summed E-state index contributed by atoms with van der Waals surface area (Å²) in [5.41, 5.74) is 7.80. The van der Waals surface area contributed by atoms with Gasteiger partial charge in [0.05, 0.1) is 0 Å². The Morgan fingerprint density at radius 2 is 2.15 bits per heavy atom. The van der Waals surface area contributed by atoms with Crippen molar-refractivity contribution in [1.82, 2.24) is 10.1 Å². The molecular formula is C15H18N4O. The number of benzene rings is 1. The average molecular weight is 270 g/mol. The van der Waals surface area contributed by atoms with Crippen LogP contribution < -0.4 is 5.73 Å². The fourth-order valence-electron chi connectivity index (χ4n) is 2.05. The van der Waals surface area contributed by atoms with Gasteiger partial charge in [0.25, 0.3) is 0 Å². The van der Waals surface area contributed by atoms with Crippen molar-refractivity contribution in [2.45, 2.75) is 25.4 Å². The summed E-state index contributed by atoms with van der Waals surface area (Å²) in [5, 5.41) is 4.06. The Morgan fingerprint density at radius 3 is 2.85 bits per heavy atom. The first-order valence-electron chi connectivity index (χ1n) is 6.78. The van der Waals surface area contributed by atoms with Gasteiger partial charge in [-0.2, -0.15) is 0 Å². The van der Waals surface area contributed by atoms with Crippen molar-refractivity contribution >= 4 is 5.96 Å². The maximum absolute atomic E-state index is 5.94. The summed E-state index contributed by atoms with van der Waals surface area (Å²) in [6, 6.07) is 12.4. The van der Waals surface area contributed by atoms with E-state index in [2.05, 4.69) is 10.1 Å². The molecule has 104 valence electrons. The van der Waals surface area contributed by atoms with Gasteiger partial charge in [0, 0.05) is 24.7 Å². The van der Waals surface area contributed by atoms with Gasteiger partial charge in [-0.3, -0.25) is 0 Å². The summed E-state index contributed by atoms with van der Waals surface area (Å²) in [4.78, 5) is 6.37. The van der Waals surface area contributed by atoms with Gasteiger partial charge in [0.1, 0.15) is 12.2 Å². The number of nitrogens with two attached hydrogens (primary N) is 1. The van der Waals surface area contributed by atoms with Gasteiger partial charge in [-0.15, -0.1) is 0 Å². The van der Waals surface area contributed by atoms with Gasteiger partial charge in [-0.05, 0) is 12.8 Å². The Kier molecular flexibility index (Phi) is 3.41. The van der Waals surface area contributed by atoms with E-state index in [-0.39, 0.29) is 0 Å². The molecule has 0 amide bonds. The molecule has 1 aromatic heterocycles. The third kappa shape index (κ3) is 2.82. The van der Waals surface area contributed by atoms with E-state index >= 15 is 0 Å². The van der Waals surface area contributed by atoms with E-state index in [0.29, 0.717) is 18.5 Å². The summed E-state index contributed by atoms with van der Waals surface area (Å²) in [5.74, 6) is 1.28. The standard InChI is InChI=1S/C15H18N4O/c1-19(12-7-8-12)15(16)17-10-13-9-14(18-20-13)11-5-3-2-4-6-11/h2-6,9,12H,7-8,10H2,1H3,(H2,16,17). The molecule has 1 heterocycles. The summed E-state index contributed by atoms with van der Waals surface area (Å²) in [6.07, 6.45) is 2.40. The summed E-state index contributed by atoms with van der Waals surface area (Å²) in [7, 11) is 1.98. The van der Waals surface area contributed by atoms with Crippen LogP contribution in [0.1, 0.15) is 18.6 Å². The maximum atomic E-state index is 5.94. The molecule has 2 aromatic rings. The fraction of sp³-hybridized carbons (Fsp3) is 0.333. The van der Waals surface area contributed by atoms with Crippen LogP contribution in [-0.2, 0) is 6.54 Å². The second-order valence-electron chi connectivity index (χ2n) is 5.06. The van der Waals surface area contributed by atoms with Crippen LogP contribution in [0.15, 0.2) is 45.9 Å². The van der Waals surface area contributed by atoms with Crippen LogP contribution in [-0.4, -0.2) is 29.1 Å². The van der Waals surface area contributed by atoms with Crippen LogP contribution in [0.4, 0.5) is 0 Å². The molecule has 0 aliphatic heterocycles. The lowest BCUT2D eigenvalue weighted by molar-refractivity contribution is 0.386. The van der Waals surface area contributed by atoms with Crippen LogP contribution in [0.25, 0.3) is 11.3 Å². The topological polar surface area (TPSA) is 67.7 Å². The van der Waals surface area contributed by atoms with Gasteiger partial charge in [0.15, 0.2) is 11.7 Å². The van der Waals surface area contributed by atoms with Gasteiger partial charge in [-0.1, -0.05) is 35.5 Å². The van der Waals surface area contributed by atoms with E-state index < -0.39 is 0 Å². The largest absolute Gasteiger partial charge is 0.370 e. The lowest BCUT2D eigenvalue weighted by Gasteiger charge is -2.16. The smallest absolute Gasteiger partial charge is 0.191 e. The van der Waals surface area contributed by atoms with Crippen LogP contribution in [0, 0.1) is 0 Å². The Morgan fingerprint density at radius 1 is 1.40 bits per heavy atom. The van der Waals surface area contributed by atoms with Gasteiger partial charge >= 0.3 is 0 Å². The first-order valence-corrected chi connectivity index (χ1v) is 6.78. The molecular weight excluding hydrogens is 252 g/mol. The van der Waals surface area contributed by atoms with E-state index in [1.807, 2.05) is 48.3 Å². The molecule has 3 rings (SSSR count). The van der Waals surface area contributed by atoms with E-state index in [0.717, 1.165) is 17.0 Å². The molecule has 1 aromatic carbocycles. The highest BCUT2D eigenvalue weighted by Crippen LogP contribution is 2.25. The maximum Gasteiger partial charge on any atom is 0.191 e. The Balaban J connectivity index is 1.67. The number of aliphatic imine (C=N–C) groups is 1. The third-order valence-corrected chi connectivity index (χ3v) is 3.48. The van der Waals surface area contributed by atoms with Crippen molar-refractivity contribution in [2.24, 2.45) is 10.7 Å². The highest BCUT2D eigenvalue weighted by atomic mass is 16.5. The molecule has 1 fully saturated rings. The van der Waals surface area contributed by atoms with Gasteiger partial charge < -0.3 is 15.2 Å². The number of guanidine groups is 1. The molecule has 20 heavy (non-hydrogen) atoms. The zero-order chi connectivity index (χ0) is 13.9. The Hall–Kier alpha value is -2.30. The predicted octanol–water partition coefficient (Wildman–Crippen LogP) is 2.25. The highest BCUT2D eigenvalue weighted by molar-refractivity contribution is 5.78. The van der Waals surface area contributed by atoms with Crippen molar-refractivity contribution in [2.75, 3.05) is 7.05 Å². The highest BCUT2D eigenvalue weighted by Gasteiger charge is 2.27. The molecule has 0 saturated heterocycles. The molecule has 5 heteroatoms. The minimum absolute atomic E-state index is 0.419. The monoisotopic (exact) mass is 270 g/mol. The van der Waals surface area contributed by atoms with E-state index in [1.54, 1.807) is 0 Å². The lowest BCUT2D eigenvalue weighted by Crippen LogP contribution is -2.35. The summed E-state index contributed by atoms with van der Waals surface area (Å²) in [6.45, 7) is 0.419. The number of aromatic nitrogens is 1. The Bertz CT molecular complexity index is 601. The second kappa shape index (κ2) is 5.36. The van der Waals surface area contributed by atoms with E-state index in [4.69, 9.17) is 10.3 Å². The molecule has 5 nitrogen and oxygen atoms in total. The lowest BCUT2D eigenvalue weighted by atomic mass is 10.1. The average Bonchev–Trinajstić information content (AvgIpc) is 3.23. The first-order chi connectivity index (χ1) is 9.74. The minimum atomic E-state index is 0.419. The molecule has 0 radical (unpaired) electrons. The SMILES string of the molecule is CN(C(N)=NCc1cc(-c2ccccc2)no1)C1CC1. The molecule has 0 unspecified atom stereocenters. The first kappa shape index (κ1) is 12.7. The molecule has 1 saturated carbocycles. The van der Waals surface area contributed by atoms with Crippen molar-refractivity contribution in [3.05, 3.63) is 42.2 Å². The molecule has 0 atom stereocenters. The Labute approximate surface area is 118 Å². The normalized spacial score (nSPS) is 15.3. The van der Waals surface area contributed by atoms with Gasteiger partial charge in [-0.25, -0.2) is 4.99 Å². The number of hydrogen-bond acceptors (Lipinski definition) is 3. The van der Waals surface area contributed by atoms with Crippen LogP contribution >= 0.6 is 0 Å². The minimum Gasteiger partial charge on any atom is -0.370 e. The molecule has 1 aliphatic rings. The van der Waals surface area contributed by atoms with Crippen LogP contribution in [0.5, 0.6) is 0 Å². The fourth-order valence-corrected chi connectivity index (χ4v) is 2.05. The molecule has 0 spiro atoms. The third-order valence-electron chi connectivity index (χ3n) is 3.48.